The summed E-state index contributed by atoms with van der Waals surface area (Å²) in [7, 11) is 1.65. The van der Waals surface area contributed by atoms with Gasteiger partial charge in [0.2, 0.25) is 0 Å². The van der Waals surface area contributed by atoms with Gasteiger partial charge in [-0.2, -0.15) is 0 Å². The van der Waals surface area contributed by atoms with Crippen molar-refractivity contribution >= 4 is 5.65 Å². The number of hydrogen-bond donors (Lipinski definition) is 0. The molecule has 0 N–H and O–H groups in total. The predicted molar refractivity (Wildman–Crippen MR) is 46.5 cm³/mol. The quantitative estimate of drug-likeness (QED) is 0.637. The van der Waals surface area contributed by atoms with Crippen molar-refractivity contribution in [2.75, 3.05) is 7.11 Å². The minimum atomic E-state index is 0.841. The molecule has 0 fully saturated rings. The maximum atomic E-state index is 5.08. The molecule has 2 rings (SSSR count). The lowest BCUT2D eigenvalue weighted by molar-refractivity contribution is 0.414. The zero-order valence-electron chi connectivity index (χ0n) is 7.11. The van der Waals surface area contributed by atoms with Crippen LogP contribution in [0.4, 0.5) is 0 Å². The first-order chi connectivity index (χ1) is 5.81. The fraction of sp³-hybridized carbons (Fsp3) is 0.222. The number of hydrogen-bond acceptors (Lipinski definition) is 2. The Bertz CT molecular complexity index is 406. The first kappa shape index (κ1) is 7.16. The van der Waals surface area contributed by atoms with Crippen molar-refractivity contribution in [3.63, 3.8) is 0 Å². The molecule has 12 heavy (non-hydrogen) atoms. The van der Waals surface area contributed by atoms with Crippen LogP contribution in [0.25, 0.3) is 5.65 Å². The third-order valence-corrected chi connectivity index (χ3v) is 1.91. The molecule has 0 saturated carbocycles. The van der Waals surface area contributed by atoms with Crippen molar-refractivity contribution < 1.29 is 4.74 Å². The molecule has 2 heterocycles. The van der Waals surface area contributed by atoms with Gasteiger partial charge < -0.3 is 9.14 Å². The van der Waals surface area contributed by atoms with Gasteiger partial charge in [-0.15, -0.1) is 0 Å². The minimum Gasteiger partial charge on any atom is -0.497 e. The second-order valence-electron chi connectivity index (χ2n) is 2.69. The topological polar surface area (TPSA) is 26.5 Å². The van der Waals surface area contributed by atoms with Crippen LogP contribution in [-0.4, -0.2) is 16.5 Å². The molecule has 0 atom stereocenters. The molecule has 0 unspecified atom stereocenters. The number of aryl methyl sites for hydroxylation is 1. The van der Waals surface area contributed by atoms with Gasteiger partial charge in [-0.05, 0) is 13.0 Å². The van der Waals surface area contributed by atoms with E-state index in [4.69, 9.17) is 4.74 Å². The lowest BCUT2D eigenvalue weighted by Crippen LogP contribution is -1.88. The fourth-order valence-electron chi connectivity index (χ4n) is 1.22. The maximum Gasteiger partial charge on any atom is 0.140 e. The highest BCUT2D eigenvalue weighted by Gasteiger charge is 1.98. The van der Waals surface area contributed by atoms with E-state index in [0.29, 0.717) is 0 Å². The zero-order valence-corrected chi connectivity index (χ0v) is 7.11. The Morgan fingerprint density at radius 1 is 1.50 bits per heavy atom. The number of rotatable bonds is 1. The van der Waals surface area contributed by atoms with E-state index in [9.17, 15) is 0 Å². The van der Waals surface area contributed by atoms with Crippen molar-refractivity contribution in [1.29, 1.82) is 0 Å². The molecule has 0 saturated heterocycles. The van der Waals surface area contributed by atoms with Crippen LogP contribution >= 0.6 is 0 Å². The summed E-state index contributed by atoms with van der Waals surface area (Å²) in [6, 6.07) is 3.83. The number of ether oxygens (including phenoxy) is 1. The smallest absolute Gasteiger partial charge is 0.140 e. The lowest BCUT2D eigenvalue weighted by atomic mass is 10.4. The van der Waals surface area contributed by atoms with Crippen molar-refractivity contribution in [2.45, 2.75) is 6.92 Å². The molecule has 0 bridgehead atoms. The Morgan fingerprint density at radius 2 is 2.33 bits per heavy atom. The highest BCUT2D eigenvalue weighted by Crippen LogP contribution is 2.13. The summed E-state index contributed by atoms with van der Waals surface area (Å²) in [4.78, 5) is 4.21. The van der Waals surface area contributed by atoms with Crippen LogP contribution in [0.5, 0.6) is 5.75 Å². The summed E-state index contributed by atoms with van der Waals surface area (Å²) in [5, 5.41) is 0. The monoisotopic (exact) mass is 162 g/mol. The molecule has 0 aliphatic rings. The average molecular weight is 162 g/mol. The second kappa shape index (κ2) is 2.52. The van der Waals surface area contributed by atoms with Crippen LogP contribution in [0.3, 0.4) is 0 Å². The number of pyridine rings is 1. The van der Waals surface area contributed by atoms with Crippen LogP contribution in [0.1, 0.15) is 5.69 Å². The average Bonchev–Trinajstić information content (AvgIpc) is 2.47. The van der Waals surface area contributed by atoms with E-state index in [1.165, 1.54) is 0 Å². The Labute approximate surface area is 70.6 Å². The van der Waals surface area contributed by atoms with Gasteiger partial charge in [0.25, 0.3) is 0 Å². The zero-order chi connectivity index (χ0) is 8.55. The number of aromatic nitrogens is 2. The first-order valence-electron chi connectivity index (χ1n) is 3.79. The summed E-state index contributed by atoms with van der Waals surface area (Å²) in [6.45, 7) is 2.02. The van der Waals surface area contributed by atoms with E-state index < -0.39 is 0 Å². The highest BCUT2D eigenvalue weighted by molar-refractivity contribution is 5.45. The van der Waals surface area contributed by atoms with E-state index in [1.807, 2.05) is 35.9 Å². The summed E-state index contributed by atoms with van der Waals surface area (Å²) in [6.07, 6.45) is 3.80. The maximum absolute atomic E-state index is 5.08. The summed E-state index contributed by atoms with van der Waals surface area (Å²) < 4.78 is 7.09. The molecule has 0 amide bonds. The molecule has 3 heteroatoms. The van der Waals surface area contributed by atoms with Gasteiger partial charge >= 0.3 is 0 Å². The minimum absolute atomic E-state index is 0.841. The van der Waals surface area contributed by atoms with Crippen LogP contribution < -0.4 is 4.74 Å². The number of fused-ring (bicyclic) bond motifs is 1. The van der Waals surface area contributed by atoms with Gasteiger partial charge in [-0.25, -0.2) is 4.98 Å². The van der Waals surface area contributed by atoms with E-state index in [-0.39, 0.29) is 0 Å². The number of methoxy groups -OCH3 is 1. The molecule has 0 spiro atoms. The number of imidazole rings is 1. The van der Waals surface area contributed by atoms with Gasteiger partial charge in [0, 0.05) is 24.2 Å². The van der Waals surface area contributed by atoms with Crippen molar-refractivity contribution in [3.8, 4) is 5.75 Å². The second-order valence-corrected chi connectivity index (χ2v) is 2.69. The molecule has 0 aromatic carbocycles. The lowest BCUT2D eigenvalue weighted by Gasteiger charge is -1.99. The van der Waals surface area contributed by atoms with Crippen LogP contribution in [0.2, 0.25) is 0 Å². The van der Waals surface area contributed by atoms with Gasteiger partial charge in [0.05, 0.1) is 7.11 Å². The normalized spacial score (nSPS) is 10.5. The molecule has 0 radical (unpaired) electrons. The van der Waals surface area contributed by atoms with Crippen LogP contribution in [0.15, 0.2) is 24.5 Å². The van der Waals surface area contributed by atoms with Crippen LogP contribution in [0, 0.1) is 6.92 Å². The Morgan fingerprint density at radius 3 is 3.08 bits per heavy atom. The van der Waals surface area contributed by atoms with Crippen molar-refractivity contribution in [3.05, 3.63) is 30.2 Å². The standard InChI is InChI=1S/C9H10N2O/c1-7-6-10-9-5-8(12-2)3-4-11(7)9/h3-6H,1-2H3. The first-order valence-corrected chi connectivity index (χ1v) is 3.79. The molecule has 2 aromatic rings. The van der Waals surface area contributed by atoms with Crippen molar-refractivity contribution in [1.82, 2.24) is 9.38 Å². The van der Waals surface area contributed by atoms with E-state index >= 15 is 0 Å². The molecular formula is C9H10N2O. The third kappa shape index (κ3) is 0.942. The molecule has 0 aliphatic carbocycles. The molecule has 62 valence electrons. The van der Waals surface area contributed by atoms with E-state index in [0.717, 1.165) is 17.1 Å². The SMILES string of the molecule is COc1ccn2c(C)cnc2c1. The predicted octanol–water partition coefficient (Wildman–Crippen LogP) is 1.65. The van der Waals surface area contributed by atoms with Crippen LogP contribution in [-0.2, 0) is 0 Å². The third-order valence-electron chi connectivity index (χ3n) is 1.91. The Hall–Kier alpha value is -1.51. The molecule has 0 aliphatic heterocycles. The Balaban J connectivity index is 2.69. The van der Waals surface area contributed by atoms with Gasteiger partial charge in [0.1, 0.15) is 11.4 Å². The highest BCUT2D eigenvalue weighted by atomic mass is 16.5. The molecule has 3 nitrogen and oxygen atoms in total. The van der Waals surface area contributed by atoms with Gasteiger partial charge in [0.15, 0.2) is 0 Å². The van der Waals surface area contributed by atoms with E-state index in [2.05, 4.69) is 4.98 Å². The molecular weight excluding hydrogens is 152 g/mol. The number of nitrogens with zero attached hydrogens (tertiary/aromatic N) is 2. The summed E-state index contributed by atoms with van der Waals surface area (Å²) in [5.41, 5.74) is 2.06. The largest absolute Gasteiger partial charge is 0.497 e. The fourth-order valence-corrected chi connectivity index (χ4v) is 1.22. The van der Waals surface area contributed by atoms with Gasteiger partial charge in [-0.3, -0.25) is 0 Å². The van der Waals surface area contributed by atoms with E-state index in [1.54, 1.807) is 7.11 Å². The Kier molecular flexibility index (Phi) is 1.50. The summed E-state index contributed by atoms with van der Waals surface area (Å²) >= 11 is 0. The molecule has 2 aromatic heterocycles. The van der Waals surface area contributed by atoms with Gasteiger partial charge in [-0.1, -0.05) is 0 Å². The summed E-state index contributed by atoms with van der Waals surface area (Å²) in [5.74, 6) is 0.841. The van der Waals surface area contributed by atoms with Crippen molar-refractivity contribution in [2.24, 2.45) is 0 Å².